The third kappa shape index (κ3) is 2.80. The number of hydrogen-bond donors (Lipinski definition) is 1. The van der Waals surface area contributed by atoms with Gasteiger partial charge >= 0.3 is 0 Å². The van der Waals surface area contributed by atoms with Gasteiger partial charge in [-0.3, -0.25) is 9.69 Å². The van der Waals surface area contributed by atoms with Crippen molar-refractivity contribution in [2.75, 3.05) is 20.1 Å². The Morgan fingerprint density at radius 1 is 1.32 bits per heavy atom. The predicted molar refractivity (Wildman–Crippen MR) is 76.5 cm³/mol. The van der Waals surface area contributed by atoms with Gasteiger partial charge in [0.25, 0.3) is 0 Å². The minimum atomic E-state index is -0.210. The van der Waals surface area contributed by atoms with Gasteiger partial charge in [-0.05, 0) is 19.4 Å². The molecule has 1 unspecified atom stereocenters. The first-order valence-electron chi connectivity index (χ1n) is 6.71. The number of amides is 1. The lowest BCUT2D eigenvalue weighted by molar-refractivity contribution is -0.149. The first kappa shape index (κ1) is 14.0. The summed E-state index contributed by atoms with van der Waals surface area (Å²) in [5, 5.41) is 0. The highest BCUT2D eigenvalue weighted by molar-refractivity contribution is 5.83. The summed E-state index contributed by atoms with van der Waals surface area (Å²) in [7, 11) is 1.87. The summed E-state index contributed by atoms with van der Waals surface area (Å²) < 4.78 is 0. The normalized spacial score (nSPS) is 23.7. The fourth-order valence-corrected chi connectivity index (χ4v) is 2.63. The number of carbonyl (C=O) groups excluding carboxylic acids is 1. The van der Waals surface area contributed by atoms with Gasteiger partial charge in [0.1, 0.15) is 6.04 Å². The Morgan fingerprint density at radius 2 is 1.95 bits per heavy atom. The maximum atomic E-state index is 12.4. The highest BCUT2D eigenvalue weighted by atomic mass is 16.2. The Balaban J connectivity index is 2.20. The van der Waals surface area contributed by atoms with E-state index in [1.807, 2.05) is 30.1 Å². The molecule has 0 bridgehead atoms. The standard InChI is InChI=1S/C15H23N3O/c1-15(2)11-18(10-12-7-5-4-6-8-12)13(9-16)14(19)17(15)3/h4-8,13H,9-11,16H2,1-3H3. The average molecular weight is 261 g/mol. The van der Waals surface area contributed by atoms with Crippen molar-refractivity contribution >= 4 is 5.91 Å². The van der Waals surface area contributed by atoms with Crippen molar-refractivity contribution in [1.29, 1.82) is 0 Å². The van der Waals surface area contributed by atoms with E-state index in [0.717, 1.165) is 13.1 Å². The van der Waals surface area contributed by atoms with Gasteiger partial charge in [-0.15, -0.1) is 0 Å². The molecule has 4 nitrogen and oxygen atoms in total. The van der Waals surface area contributed by atoms with Gasteiger partial charge in [0, 0.05) is 32.2 Å². The lowest BCUT2D eigenvalue weighted by Gasteiger charge is -2.48. The first-order valence-corrected chi connectivity index (χ1v) is 6.71. The molecule has 1 atom stereocenters. The quantitative estimate of drug-likeness (QED) is 0.885. The zero-order valence-corrected chi connectivity index (χ0v) is 12.0. The fraction of sp³-hybridized carbons (Fsp3) is 0.533. The van der Waals surface area contributed by atoms with Crippen molar-refractivity contribution in [3.05, 3.63) is 35.9 Å². The molecule has 2 rings (SSSR count). The molecule has 104 valence electrons. The van der Waals surface area contributed by atoms with E-state index in [1.54, 1.807) is 0 Å². The van der Waals surface area contributed by atoms with Crippen LogP contribution < -0.4 is 5.73 Å². The molecule has 1 aliphatic heterocycles. The number of nitrogens with two attached hydrogens (primary N) is 1. The van der Waals surface area contributed by atoms with Gasteiger partial charge in [0.05, 0.1) is 0 Å². The number of rotatable bonds is 3. The molecule has 0 radical (unpaired) electrons. The number of piperazine rings is 1. The van der Waals surface area contributed by atoms with E-state index < -0.39 is 0 Å². The summed E-state index contributed by atoms with van der Waals surface area (Å²) in [6.07, 6.45) is 0. The molecule has 0 saturated carbocycles. The van der Waals surface area contributed by atoms with Gasteiger partial charge in [-0.2, -0.15) is 0 Å². The summed E-state index contributed by atoms with van der Waals surface area (Å²) in [5.74, 6) is 0.120. The monoisotopic (exact) mass is 261 g/mol. The van der Waals surface area contributed by atoms with E-state index >= 15 is 0 Å². The molecule has 1 heterocycles. The maximum Gasteiger partial charge on any atom is 0.241 e. The fourth-order valence-electron chi connectivity index (χ4n) is 2.63. The first-order chi connectivity index (χ1) is 8.95. The molecule has 1 fully saturated rings. The van der Waals surface area contributed by atoms with Crippen molar-refractivity contribution in [1.82, 2.24) is 9.80 Å². The zero-order chi connectivity index (χ0) is 14.0. The van der Waals surface area contributed by atoms with Gasteiger partial charge in [-0.1, -0.05) is 30.3 Å². The van der Waals surface area contributed by atoms with Crippen LogP contribution in [0.15, 0.2) is 30.3 Å². The van der Waals surface area contributed by atoms with Crippen LogP contribution in [0.25, 0.3) is 0 Å². The van der Waals surface area contributed by atoms with E-state index in [9.17, 15) is 4.79 Å². The molecule has 0 spiro atoms. The topological polar surface area (TPSA) is 49.6 Å². The second-order valence-corrected chi connectivity index (χ2v) is 5.85. The van der Waals surface area contributed by atoms with Crippen molar-refractivity contribution in [3.63, 3.8) is 0 Å². The number of hydrogen-bond acceptors (Lipinski definition) is 3. The van der Waals surface area contributed by atoms with Crippen LogP contribution in [0.2, 0.25) is 0 Å². The minimum Gasteiger partial charge on any atom is -0.338 e. The molecule has 1 amide bonds. The summed E-state index contributed by atoms with van der Waals surface area (Å²) in [6.45, 7) is 6.16. The Bertz CT molecular complexity index is 444. The van der Waals surface area contributed by atoms with Crippen molar-refractivity contribution in [2.24, 2.45) is 5.73 Å². The van der Waals surface area contributed by atoms with E-state index in [1.165, 1.54) is 5.56 Å². The molecule has 1 aliphatic rings. The highest BCUT2D eigenvalue weighted by Crippen LogP contribution is 2.25. The summed E-state index contributed by atoms with van der Waals surface area (Å²) in [4.78, 5) is 16.4. The molecule has 0 aromatic heterocycles. The summed E-state index contributed by atoms with van der Waals surface area (Å²) in [6, 6.07) is 10.0. The smallest absolute Gasteiger partial charge is 0.241 e. The summed E-state index contributed by atoms with van der Waals surface area (Å²) >= 11 is 0. The van der Waals surface area contributed by atoms with Gasteiger partial charge in [-0.25, -0.2) is 0 Å². The molecular weight excluding hydrogens is 238 g/mol. The SMILES string of the molecule is CN1C(=O)C(CN)N(Cc2ccccc2)CC1(C)C. The largest absolute Gasteiger partial charge is 0.338 e. The van der Waals surface area contributed by atoms with Gasteiger partial charge in [0.15, 0.2) is 0 Å². The Hall–Kier alpha value is -1.39. The van der Waals surface area contributed by atoms with E-state index in [0.29, 0.717) is 6.54 Å². The van der Waals surface area contributed by atoms with Crippen LogP contribution in [-0.4, -0.2) is 47.4 Å². The second-order valence-electron chi connectivity index (χ2n) is 5.85. The van der Waals surface area contributed by atoms with Crippen LogP contribution in [-0.2, 0) is 11.3 Å². The number of likely N-dealkylation sites (N-methyl/N-ethyl adjacent to an activating group) is 1. The van der Waals surface area contributed by atoms with Crippen molar-refractivity contribution in [3.8, 4) is 0 Å². The third-order valence-corrected chi connectivity index (χ3v) is 4.01. The number of nitrogens with zero attached hydrogens (tertiary/aromatic N) is 2. The Morgan fingerprint density at radius 3 is 2.53 bits per heavy atom. The molecular formula is C15H23N3O. The van der Waals surface area contributed by atoms with Crippen LogP contribution in [0.3, 0.4) is 0 Å². The molecule has 1 aromatic rings. The average Bonchev–Trinajstić information content (AvgIpc) is 2.37. The van der Waals surface area contributed by atoms with Crippen molar-refractivity contribution in [2.45, 2.75) is 32.0 Å². The Kier molecular flexibility index (Phi) is 3.92. The molecule has 4 heteroatoms. The maximum absolute atomic E-state index is 12.4. The van der Waals surface area contributed by atoms with Crippen LogP contribution in [0.5, 0.6) is 0 Å². The number of benzene rings is 1. The molecule has 0 aliphatic carbocycles. The highest BCUT2D eigenvalue weighted by Gasteiger charge is 2.41. The lowest BCUT2D eigenvalue weighted by Crippen LogP contribution is -2.66. The molecule has 1 aromatic carbocycles. The predicted octanol–water partition coefficient (Wildman–Crippen LogP) is 1.07. The minimum absolute atomic E-state index is 0.120. The number of carbonyl (C=O) groups is 1. The zero-order valence-electron chi connectivity index (χ0n) is 12.0. The van der Waals surface area contributed by atoms with E-state index in [4.69, 9.17) is 5.73 Å². The van der Waals surface area contributed by atoms with Crippen LogP contribution >= 0.6 is 0 Å². The third-order valence-electron chi connectivity index (χ3n) is 4.01. The summed E-state index contributed by atoms with van der Waals surface area (Å²) in [5.41, 5.74) is 6.86. The molecule has 1 saturated heterocycles. The van der Waals surface area contributed by atoms with Gasteiger partial charge < -0.3 is 10.6 Å². The van der Waals surface area contributed by atoms with Crippen LogP contribution in [0.4, 0.5) is 0 Å². The Labute approximate surface area is 115 Å². The van der Waals surface area contributed by atoms with Gasteiger partial charge in [0.2, 0.25) is 5.91 Å². The van der Waals surface area contributed by atoms with Crippen LogP contribution in [0, 0.1) is 0 Å². The molecule has 19 heavy (non-hydrogen) atoms. The lowest BCUT2D eigenvalue weighted by atomic mass is 9.95. The second kappa shape index (κ2) is 5.31. The molecule has 2 N–H and O–H groups in total. The van der Waals surface area contributed by atoms with E-state index in [-0.39, 0.29) is 17.5 Å². The van der Waals surface area contributed by atoms with Crippen LogP contribution in [0.1, 0.15) is 19.4 Å². The van der Waals surface area contributed by atoms with Crippen molar-refractivity contribution < 1.29 is 4.79 Å². The van der Waals surface area contributed by atoms with E-state index in [2.05, 4.69) is 30.9 Å².